The Balaban J connectivity index is 1.88. The van der Waals surface area contributed by atoms with Gasteiger partial charge in [-0.2, -0.15) is 0 Å². The minimum atomic E-state index is 0.182. The predicted molar refractivity (Wildman–Crippen MR) is 77.6 cm³/mol. The molecule has 0 saturated carbocycles. The summed E-state index contributed by atoms with van der Waals surface area (Å²) in [5.74, 6) is 0.182. The average Bonchev–Trinajstić information content (AvgIpc) is 2.40. The van der Waals surface area contributed by atoms with E-state index in [1.165, 1.54) is 0 Å². The van der Waals surface area contributed by atoms with Crippen molar-refractivity contribution in [3.05, 3.63) is 60.2 Å². The summed E-state index contributed by atoms with van der Waals surface area (Å²) in [6, 6.07) is 17.0. The molecule has 0 aliphatic heterocycles. The molecule has 0 heterocycles. The van der Waals surface area contributed by atoms with Crippen LogP contribution in [-0.2, 0) is 6.54 Å². The molecule has 4 heteroatoms. The van der Waals surface area contributed by atoms with Gasteiger partial charge in [-0.15, -0.1) is 0 Å². The second kappa shape index (κ2) is 6.02. The van der Waals surface area contributed by atoms with Crippen LogP contribution >= 0.6 is 12.2 Å². The van der Waals surface area contributed by atoms with E-state index >= 15 is 0 Å². The smallest absolute Gasteiger partial charge is 0.171 e. The molecule has 0 bridgehead atoms. The molecular formula is C14H14N2OS. The van der Waals surface area contributed by atoms with Crippen LogP contribution in [0.25, 0.3) is 0 Å². The molecule has 3 nitrogen and oxygen atoms in total. The van der Waals surface area contributed by atoms with Crippen LogP contribution in [0, 0.1) is 0 Å². The van der Waals surface area contributed by atoms with E-state index in [1.54, 1.807) is 18.2 Å². The first-order valence-corrected chi connectivity index (χ1v) is 6.03. The second-order valence-electron chi connectivity index (χ2n) is 3.81. The highest BCUT2D eigenvalue weighted by atomic mass is 32.1. The van der Waals surface area contributed by atoms with E-state index in [2.05, 4.69) is 10.6 Å². The molecule has 0 aliphatic rings. The van der Waals surface area contributed by atoms with Gasteiger partial charge < -0.3 is 15.7 Å². The minimum absolute atomic E-state index is 0.182. The van der Waals surface area contributed by atoms with Gasteiger partial charge in [-0.1, -0.05) is 42.5 Å². The first-order valence-electron chi connectivity index (χ1n) is 5.62. The van der Waals surface area contributed by atoms with Crippen molar-refractivity contribution in [1.29, 1.82) is 0 Å². The van der Waals surface area contributed by atoms with Crippen LogP contribution in [0.2, 0.25) is 0 Å². The zero-order chi connectivity index (χ0) is 12.8. The number of nitrogens with one attached hydrogen (secondary N) is 2. The molecule has 0 fully saturated rings. The maximum atomic E-state index is 9.59. The van der Waals surface area contributed by atoms with Gasteiger partial charge in [-0.25, -0.2) is 0 Å². The summed E-state index contributed by atoms with van der Waals surface area (Å²) in [4.78, 5) is 0. The molecule has 2 aromatic rings. The Labute approximate surface area is 111 Å². The Kier molecular flexibility index (Phi) is 4.15. The molecule has 2 aromatic carbocycles. The first kappa shape index (κ1) is 12.4. The van der Waals surface area contributed by atoms with Crippen molar-refractivity contribution in [2.75, 3.05) is 5.32 Å². The summed E-state index contributed by atoms with van der Waals surface area (Å²) in [6.07, 6.45) is 0. The van der Waals surface area contributed by atoms with Gasteiger partial charge in [0.25, 0.3) is 0 Å². The van der Waals surface area contributed by atoms with Crippen LogP contribution in [0.15, 0.2) is 54.6 Å². The normalized spacial score (nSPS) is 9.78. The van der Waals surface area contributed by atoms with Crippen molar-refractivity contribution in [2.24, 2.45) is 0 Å². The zero-order valence-corrected chi connectivity index (χ0v) is 10.6. The Morgan fingerprint density at radius 3 is 2.39 bits per heavy atom. The molecule has 0 amide bonds. The SMILES string of the molecule is Oc1ccccc1NC(=S)NCc1ccccc1. The number of thiocarbonyl (C=S) groups is 1. The summed E-state index contributed by atoms with van der Waals surface area (Å²) in [7, 11) is 0. The van der Waals surface area contributed by atoms with Gasteiger partial charge >= 0.3 is 0 Å². The van der Waals surface area contributed by atoms with E-state index in [-0.39, 0.29) is 5.75 Å². The van der Waals surface area contributed by atoms with Gasteiger partial charge in [0.15, 0.2) is 5.11 Å². The molecular weight excluding hydrogens is 244 g/mol. The lowest BCUT2D eigenvalue weighted by Crippen LogP contribution is -2.27. The molecule has 18 heavy (non-hydrogen) atoms. The van der Waals surface area contributed by atoms with Crippen molar-refractivity contribution in [2.45, 2.75) is 6.54 Å². The maximum absolute atomic E-state index is 9.59. The molecule has 3 N–H and O–H groups in total. The number of phenols is 1. The van der Waals surface area contributed by atoms with Crippen molar-refractivity contribution in [1.82, 2.24) is 5.32 Å². The van der Waals surface area contributed by atoms with Crippen LogP contribution in [0.4, 0.5) is 5.69 Å². The Hall–Kier alpha value is -2.07. The monoisotopic (exact) mass is 258 g/mol. The van der Waals surface area contributed by atoms with E-state index in [4.69, 9.17) is 12.2 Å². The number of para-hydroxylation sites is 2. The molecule has 2 rings (SSSR count). The first-order chi connectivity index (χ1) is 8.75. The predicted octanol–water partition coefficient (Wildman–Crippen LogP) is 2.88. The number of rotatable bonds is 3. The lowest BCUT2D eigenvalue weighted by atomic mass is 10.2. The van der Waals surface area contributed by atoms with Gasteiger partial charge in [0.05, 0.1) is 5.69 Å². The highest BCUT2D eigenvalue weighted by Crippen LogP contribution is 2.21. The van der Waals surface area contributed by atoms with Crippen LogP contribution < -0.4 is 10.6 Å². The van der Waals surface area contributed by atoms with Gasteiger partial charge in [0.1, 0.15) is 5.75 Å². The fourth-order valence-electron chi connectivity index (χ4n) is 1.52. The van der Waals surface area contributed by atoms with Crippen molar-refractivity contribution >= 4 is 23.0 Å². The van der Waals surface area contributed by atoms with Crippen molar-refractivity contribution in [3.8, 4) is 5.75 Å². The molecule has 0 atom stereocenters. The van der Waals surface area contributed by atoms with E-state index in [9.17, 15) is 5.11 Å². The number of hydrogen-bond acceptors (Lipinski definition) is 2. The van der Waals surface area contributed by atoms with Gasteiger partial charge in [0.2, 0.25) is 0 Å². The summed E-state index contributed by atoms with van der Waals surface area (Å²) in [5.41, 5.74) is 1.75. The highest BCUT2D eigenvalue weighted by molar-refractivity contribution is 7.80. The molecule has 0 saturated heterocycles. The third-order valence-electron chi connectivity index (χ3n) is 2.45. The molecule has 0 unspecified atom stereocenters. The number of benzene rings is 2. The second-order valence-corrected chi connectivity index (χ2v) is 4.22. The number of phenolic OH excluding ortho intramolecular Hbond substituents is 1. The number of anilines is 1. The summed E-state index contributed by atoms with van der Waals surface area (Å²) in [5, 5.41) is 16.1. The molecule has 0 aromatic heterocycles. The van der Waals surface area contributed by atoms with Gasteiger partial charge in [0, 0.05) is 6.54 Å². The van der Waals surface area contributed by atoms with E-state index < -0.39 is 0 Å². The standard InChI is InChI=1S/C14H14N2OS/c17-13-9-5-4-8-12(13)16-14(18)15-10-11-6-2-1-3-7-11/h1-9,17H,10H2,(H2,15,16,18). The third kappa shape index (κ3) is 3.46. The quantitative estimate of drug-likeness (QED) is 0.585. The molecule has 0 radical (unpaired) electrons. The number of aromatic hydroxyl groups is 1. The van der Waals surface area contributed by atoms with Crippen LogP contribution in [0.3, 0.4) is 0 Å². The van der Waals surface area contributed by atoms with E-state index in [0.29, 0.717) is 17.3 Å². The van der Waals surface area contributed by atoms with Gasteiger partial charge in [-0.3, -0.25) is 0 Å². The minimum Gasteiger partial charge on any atom is -0.506 e. The summed E-state index contributed by atoms with van der Waals surface area (Å²) in [6.45, 7) is 0.653. The molecule has 0 aliphatic carbocycles. The van der Waals surface area contributed by atoms with Gasteiger partial charge in [-0.05, 0) is 29.9 Å². The lowest BCUT2D eigenvalue weighted by Gasteiger charge is -2.11. The largest absolute Gasteiger partial charge is 0.506 e. The number of hydrogen-bond donors (Lipinski definition) is 3. The lowest BCUT2D eigenvalue weighted by molar-refractivity contribution is 0.478. The summed E-state index contributed by atoms with van der Waals surface area (Å²) >= 11 is 5.16. The van der Waals surface area contributed by atoms with E-state index in [1.807, 2.05) is 36.4 Å². The Morgan fingerprint density at radius 2 is 1.67 bits per heavy atom. The Morgan fingerprint density at radius 1 is 1.00 bits per heavy atom. The zero-order valence-electron chi connectivity index (χ0n) is 9.76. The maximum Gasteiger partial charge on any atom is 0.171 e. The fourth-order valence-corrected chi connectivity index (χ4v) is 1.71. The van der Waals surface area contributed by atoms with Crippen LogP contribution in [0.5, 0.6) is 5.75 Å². The highest BCUT2D eigenvalue weighted by Gasteiger charge is 2.01. The van der Waals surface area contributed by atoms with E-state index in [0.717, 1.165) is 5.56 Å². The third-order valence-corrected chi connectivity index (χ3v) is 2.69. The van der Waals surface area contributed by atoms with Crippen molar-refractivity contribution < 1.29 is 5.11 Å². The molecule has 0 spiro atoms. The Bertz CT molecular complexity index is 528. The molecule has 92 valence electrons. The summed E-state index contributed by atoms with van der Waals surface area (Å²) < 4.78 is 0. The fraction of sp³-hybridized carbons (Fsp3) is 0.0714. The topological polar surface area (TPSA) is 44.3 Å². The van der Waals surface area contributed by atoms with Crippen molar-refractivity contribution in [3.63, 3.8) is 0 Å². The van der Waals surface area contributed by atoms with Crippen LogP contribution in [0.1, 0.15) is 5.56 Å². The van der Waals surface area contributed by atoms with Crippen LogP contribution in [-0.4, -0.2) is 10.2 Å². The average molecular weight is 258 g/mol.